The fourth-order valence-corrected chi connectivity index (χ4v) is 1.52. The first kappa shape index (κ1) is 11.0. The molecule has 0 unspecified atom stereocenters. The lowest BCUT2D eigenvalue weighted by Gasteiger charge is -2.04. The van der Waals surface area contributed by atoms with E-state index in [1.54, 1.807) is 31.5 Å². The third kappa shape index (κ3) is 2.38. The Morgan fingerprint density at radius 1 is 1.25 bits per heavy atom. The molecule has 82 valence electrons. The van der Waals surface area contributed by atoms with Gasteiger partial charge in [-0.3, -0.25) is 0 Å². The van der Waals surface area contributed by atoms with E-state index in [-0.39, 0.29) is 0 Å². The average Bonchev–Trinajstić information content (AvgIpc) is 2.29. The first-order valence-corrected chi connectivity index (χ1v) is 5.30. The molecule has 1 aromatic heterocycles. The minimum absolute atomic E-state index is 0.548. The van der Waals surface area contributed by atoms with Gasteiger partial charge in [0.1, 0.15) is 0 Å². The summed E-state index contributed by atoms with van der Waals surface area (Å²) in [6, 6.07) is 7.35. The third-order valence-electron chi connectivity index (χ3n) is 2.24. The van der Waals surface area contributed by atoms with Crippen LogP contribution in [0.2, 0.25) is 5.02 Å². The van der Waals surface area contributed by atoms with Crippen LogP contribution in [0.25, 0.3) is 11.4 Å². The Hall–Kier alpha value is -1.45. The first-order valence-electron chi connectivity index (χ1n) is 4.93. The molecule has 0 saturated heterocycles. The zero-order valence-electron chi connectivity index (χ0n) is 8.76. The number of benzene rings is 1. The fraction of sp³-hybridized carbons (Fsp3) is 0.167. The second-order valence-electron chi connectivity index (χ2n) is 3.53. The number of hydrogen-bond acceptors (Lipinski definition) is 3. The maximum Gasteiger partial charge on any atom is 0.159 e. The lowest BCUT2D eigenvalue weighted by atomic mass is 10.2. The Bertz CT molecular complexity index is 483. The summed E-state index contributed by atoms with van der Waals surface area (Å²) in [4.78, 5) is 8.36. The number of aliphatic hydroxyl groups excluding tert-OH is 1. The van der Waals surface area contributed by atoms with Gasteiger partial charge in [-0.05, 0) is 19.1 Å². The summed E-state index contributed by atoms with van der Waals surface area (Å²) in [5.41, 5.74) is 1.57. The van der Waals surface area contributed by atoms with Crippen LogP contribution in [0.3, 0.4) is 0 Å². The normalized spacial score (nSPS) is 12.4. The van der Waals surface area contributed by atoms with E-state index in [0.29, 0.717) is 16.4 Å². The van der Waals surface area contributed by atoms with Crippen molar-refractivity contribution in [1.29, 1.82) is 0 Å². The van der Waals surface area contributed by atoms with Crippen LogP contribution in [0.4, 0.5) is 0 Å². The molecule has 0 saturated carbocycles. The molecule has 0 spiro atoms. The first-order chi connectivity index (χ1) is 7.66. The number of hydrogen-bond donors (Lipinski definition) is 1. The zero-order chi connectivity index (χ0) is 11.5. The van der Waals surface area contributed by atoms with Gasteiger partial charge in [0.2, 0.25) is 0 Å². The van der Waals surface area contributed by atoms with Crippen LogP contribution in [0, 0.1) is 0 Å². The SMILES string of the molecule is C[C@H](O)c1cnc(-c2cccc(Cl)c2)nc1. The predicted octanol–water partition coefficient (Wildman–Crippen LogP) is 2.85. The number of rotatable bonds is 2. The molecule has 0 fully saturated rings. The van der Waals surface area contributed by atoms with Crippen molar-refractivity contribution < 1.29 is 5.11 Å². The molecule has 1 aromatic carbocycles. The molecule has 1 atom stereocenters. The highest BCUT2D eigenvalue weighted by Gasteiger charge is 2.04. The van der Waals surface area contributed by atoms with E-state index in [4.69, 9.17) is 11.6 Å². The van der Waals surface area contributed by atoms with Crippen molar-refractivity contribution in [2.75, 3.05) is 0 Å². The van der Waals surface area contributed by atoms with Gasteiger partial charge in [-0.15, -0.1) is 0 Å². The number of aliphatic hydroxyl groups is 1. The lowest BCUT2D eigenvalue weighted by Crippen LogP contribution is -1.95. The molecule has 0 aliphatic carbocycles. The monoisotopic (exact) mass is 234 g/mol. The number of aromatic nitrogens is 2. The Kier molecular flexibility index (Phi) is 3.17. The quantitative estimate of drug-likeness (QED) is 0.869. The van der Waals surface area contributed by atoms with E-state index in [1.165, 1.54) is 0 Å². The zero-order valence-corrected chi connectivity index (χ0v) is 9.52. The summed E-state index contributed by atoms with van der Waals surface area (Å²) < 4.78 is 0. The Balaban J connectivity index is 2.35. The summed E-state index contributed by atoms with van der Waals surface area (Å²) in [6.45, 7) is 1.68. The topological polar surface area (TPSA) is 46.0 Å². The average molecular weight is 235 g/mol. The van der Waals surface area contributed by atoms with Crippen molar-refractivity contribution in [3.8, 4) is 11.4 Å². The van der Waals surface area contributed by atoms with E-state index < -0.39 is 6.10 Å². The van der Waals surface area contributed by atoms with Gasteiger partial charge in [0.05, 0.1) is 6.10 Å². The molecule has 4 heteroatoms. The molecule has 0 aliphatic heterocycles. The van der Waals surface area contributed by atoms with E-state index >= 15 is 0 Å². The summed E-state index contributed by atoms with van der Waals surface area (Å²) >= 11 is 5.88. The van der Waals surface area contributed by atoms with Gasteiger partial charge in [-0.1, -0.05) is 23.7 Å². The minimum Gasteiger partial charge on any atom is -0.389 e. The van der Waals surface area contributed by atoms with E-state index in [1.807, 2.05) is 12.1 Å². The van der Waals surface area contributed by atoms with Gasteiger partial charge < -0.3 is 5.11 Å². The van der Waals surface area contributed by atoms with Gasteiger partial charge in [-0.25, -0.2) is 9.97 Å². The molecule has 0 amide bonds. The molecule has 0 bridgehead atoms. The van der Waals surface area contributed by atoms with Crippen LogP contribution in [-0.2, 0) is 0 Å². The third-order valence-corrected chi connectivity index (χ3v) is 2.47. The lowest BCUT2D eigenvalue weighted by molar-refractivity contribution is 0.198. The van der Waals surface area contributed by atoms with Crippen LogP contribution >= 0.6 is 11.6 Å². The smallest absolute Gasteiger partial charge is 0.159 e. The van der Waals surface area contributed by atoms with Crippen LogP contribution in [0.15, 0.2) is 36.7 Å². The highest BCUT2D eigenvalue weighted by Crippen LogP contribution is 2.19. The van der Waals surface area contributed by atoms with Crippen molar-refractivity contribution >= 4 is 11.6 Å². The van der Waals surface area contributed by atoms with Crippen LogP contribution in [-0.4, -0.2) is 15.1 Å². The minimum atomic E-state index is -0.548. The van der Waals surface area contributed by atoms with Crippen LogP contribution in [0.1, 0.15) is 18.6 Å². The van der Waals surface area contributed by atoms with Crippen molar-refractivity contribution in [2.24, 2.45) is 0 Å². The molecule has 3 nitrogen and oxygen atoms in total. The standard InChI is InChI=1S/C12H11ClN2O/c1-8(16)10-6-14-12(15-7-10)9-3-2-4-11(13)5-9/h2-8,16H,1H3/t8-/m0/s1. The second-order valence-corrected chi connectivity index (χ2v) is 3.96. The number of nitrogens with zero attached hydrogens (tertiary/aromatic N) is 2. The fourth-order valence-electron chi connectivity index (χ4n) is 1.33. The summed E-state index contributed by atoms with van der Waals surface area (Å²) in [6.07, 6.45) is 2.69. The van der Waals surface area contributed by atoms with Gasteiger partial charge in [0.25, 0.3) is 0 Å². The van der Waals surface area contributed by atoms with Crippen LogP contribution in [0.5, 0.6) is 0 Å². The Labute approximate surface area is 98.8 Å². The van der Waals surface area contributed by atoms with E-state index in [2.05, 4.69) is 9.97 Å². The largest absolute Gasteiger partial charge is 0.389 e. The van der Waals surface area contributed by atoms with Gasteiger partial charge in [0.15, 0.2) is 5.82 Å². The molecular weight excluding hydrogens is 224 g/mol. The van der Waals surface area contributed by atoms with Crippen molar-refractivity contribution in [2.45, 2.75) is 13.0 Å². The molecule has 2 rings (SSSR count). The summed E-state index contributed by atoms with van der Waals surface area (Å²) in [7, 11) is 0. The molecule has 16 heavy (non-hydrogen) atoms. The predicted molar refractivity (Wildman–Crippen MR) is 63.1 cm³/mol. The molecular formula is C12H11ClN2O. The summed E-state index contributed by atoms with van der Waals surface area (Å²) in [5, 5.41) is 9.98. The highest BCUT2D eigenvalue weighted by atomic mass is 35.5. The number of halogens is 1. The molecule has 0 aliphatic rings. The maximum atomic E-state index is 9.33. The second kappa shape index (κ2) is 4.60. The van der Waals surface area contributed by atoms with Crippen molar-refractivity contribution in [3.05, 3.63) is 47.2 Å². The van der Waals surface area contributed by atoms with Crippen LogP contribution < -0.4 is 0 Å². The van der Waals surface area contributed by atoms with Gasteiger partial charge in [-0.2, -0.15) is 0 Å². The Morgan fingerprint density at radius 3 is 2.50 bits per heavy atom. The molecule has 0 radical (unpaired) electrons. The van der Waals surface area contributed by atoms with Crippen molar-refractivity contribution in [1.82, 2.24) is 9.97 Å². The van der Waals surface area contributed by atoms with Gasteiger partial charge in [0, 0.05) is 28.5 Å². The van der Waals surface area contributed by atoms with E-state index in [0.717, 1.165) is 5.56 Å². The molecule has 1 N–H and O–H groups in total. The highest BCUT2D eigenvalue weighted by molar-refractivity contribution is 6.30. The molecule has 1 heterocycles. The molecule has 2 aromatic rings. The Morgan fingerprint density at radius 2 is 1.94 bits per heavy atom. The van der Waals surface area contributed by atoms with E-state index in [9.17, 15) is 5.11 Å². The summed E-state index contributed by atoms with van der Waals surface area (Å²) in [5.74, 6) is 0.604. The van der Waals surface area contributed by atoms with Crippen molar-refractivity contribution in [3.63, 3.8) is 0 Å². The van der Waals surface area contributed by atoms with Gasteiger partial charge >= 0.3 is 0 Å². The maximum absolute atomic E-state index is 9.33.